The van der Waals surface area contributed by atoms with E-state index in [1.54, 1.807) is 6.92 Å². The van der Waals surface area contributed by atoms with Crippen molar-refractivity contribution in [2.24, 2.45) is 5.73 Å². The molecule has 0 aromatic heterocycles. The highest BCUT2D eigenvalue weighted by molar-refractivity contribution is 5.82. The highest BCUT2D eigenvalue weighted by Gasteiger charge is 2.28. The molecular weight excluding hydrogens is 196 g/mol. The van der Waals surface area contributed by atoms with Crippen molar-refractivity contribution >= 4 is 11.9 Å². The third kappa shape index (κ3) is 4.78. The molecule has 0 bridgehead atoms. The maximum absolute atomic E-state index is 11.7. The summed E-state index contributed by atoms with van der Waals surface area (Å²) in [5, 5.41) is 8.58. The second-order valence-corrected chi connectivity index (χ2v) is 4.59. The van der Waals surface area contributed by atoms with Gasteiger partial charge in [0.2, 0.25) is 5.91 Å². The number of carboxylic acids is 1. The molecule has 0 heterocycles. The second kappa shape index (κ2) is 5.11. The Kier molecular flexibility index (Phi) is 4.74. The first-order valence-corrected chi connectivity index (χ1v) is 4.95. The van der Waals surface area contributed by atoms with Crippen LogP contribution in [0.1, 0.15) is 34.1 Å². The number of hydrogen-bond donors (Lipinski definition) is 2. The van der Waals surface area contributed by atoms with E-state index < -0.39 is 17.6 Å². The van der Waals surface area contributed by atoms with E-state index in [1.807, 2.05) is 20.8 Å². The molecular formula is C10H20N2O3. The molecule has 5 heteroatoms. The number of aliphatic carboxylic acids is 1. The molecule has 0 aromatic carbocycles. The molecule has 0 aliphatic carbocycles. The van der Waals surface area contributed by atoms with E-state index in [4.69, 9.17) is 10.8 Å². The lowest BCUT2D eigenvalue weighted by Gasteiger charge is -2.36. The van der Waals surface area contributed by atoms with Crippen LogP contribution < -0.4 is 5.73 Å². The number of rotatable bonds is 4. The first-order chi connectivity index (χ1) is 6.66. The predicted octanol–water partition coefficient (Wildman–Crippen LogP) is 0.435. The van der Waals surface area contributed by atoms with Gasteiger partial charge in [0.05, 0.1) is 12.5 Å². The molecule has 1 atom stereocenters. The summed E-state index contributed by atoms with van der Waals surface area (Å²) in [4.78, 5) is 23.7. The van der Waals surface area contributed by atoms with Crippen LogP contribution in [-0.4, -0.2) is 40.0 Å². The van der Waals surface area contributed by atoms with Gasteiger partial charge < -0.3 is 15.7 Å². The fourth-order valence-corrected chi connectivity index (χ4v) is 1.23. The maximum atomic E-state index is 11.7. The molecule has 5 nitrogen and oxygen atoms in total. The zero-order valence-electron chi connectivity index (χ0n) is 9.78. The van der Waals surface area contributed by atoms with E-state index in [0.29, 0.717) is 0 Å². The first kappa shape index (κ1) is 13.9. The van der Waals surface area contributed by atoms with E-state index in [-0.39, 0.29) is 18.9 Å². The molecule has 0 spiro atoms. The van der Waals surface area contributed by atoms with Crippen LogP contribution in [0.4, 0.5) is 0 Å². The Labute approximate surface area is 90.2 Å². The van der Waals surface area contributed by atoms with E-state index in [0.717, 1.165) is 0 Å². The molecule has 1 amide bonds. The van der Waals surface area contributed by atoms with Crippen LogP contribution in [0.15, 0.2) is 0 Å². The summed E-state index contributed by atoms with van der Waals surface area (Å²) < 4.78 is 0. The largest absolute Gasteiger partial charge is 0.481 e. The van der Waals surface area contributed by atoms with Crippen LogP contribution in [0.3, 0.4) is 0 Å². The van der Waals surface area contributed by atoms with Gasteiger partial charge in [0.25, 0.3) is 0 Å². The summed E-state index contributed by atoms with van der Waals surface area (Å²) in [5.41, 5.74) is 5.10. The number of hydrogen-bond acceptors (Lipinski definition) is 3. The van der Waals surface area contributed by atoms with Crippen LogP contribution in [0.25, 0.3) is 0 Å². The van der Waals surface area contributed by atoms with Gasteiger partial charge in [-0.05, 0) is 27.7 Å². The molecule has 0 saturated carbocycles. The van der Waals surface area contributed by atoms with Gasteiger partial charge in [-0.3, -0.25) is 9.59 Å². The average molecular weight is 216 g/mol. The van der Waals surface area contributed by atoms with Gasteiger partial charge >= 0.3 is 5.97 Å². The maximum Gasteiger partial charge on any atom is 0.305 e. The summed E-state index contributed by atoms with van der Waals surface area (Å²) in [6.45, 7) is 7.36. The fourth-order valence-electron chi connectivity index (χ4n) is 1.23. The minimum atomic E-state index is -0.915. The Morgan fingerprint density at radius 1 is 1.40 bits per heavy atom. The number of amides is 1. The van der Waals surface area contributed by atoms with Gasteiger partial charge in [-0.15, -0.1) is 0 Å². The zero-order chi connectivity index (χ0) is 12.2. The summed E-state index contributed by atoms with van der Waals surface area (Å²) in [7, 11) is 0. The molecule has 0 aliphatic rings. The molecule has 0 aromatic rings. The molecule has 0 radical (unpaired) electrons. The summed E-state index contributed by atoms with van der Waals surface area (Å²) in [6.07, 6.45) is -0.0598. The molecule has 0 saturated heterocycles. The van der Waals surface area contributed by atoms with Crippen molar-refractivity contribution in [1.82, 2.24) is 4.90 Å². The Morgan fingerprint density at radius 2 is 1.87 bits per heavy atom. The van der Waals surface area contributed by atoms with Crippen LogP contribution in [0.2, 0.25) is 0 Å². The van der Waals surface area contributed by atoms with Crippen molar-refractivity contribution in [2.75, 3.05) is 6.54 Å². The Hall–Kier alpha value is -1.10. The van der Waals surface area contributed by atoms with E-state index >= 15 is 0 Å². The van der Waals surface area contributed by atoms with E-state index in [9.17, 15) is 9.59 Å². The van der Waals surface area contributed by atoms with Crippen molar-refractivity contribution in [3.63, 3.8) is 0 Å². The van der Waals surface area contributed by atoms with Gasteiger partial charge in [0, 0.05) is 12.1 Å². The van der Waals surface area contributed by atoms with Gasteiger partial charge in [0.15, 0.2) is 0 Å². The third-order valence-electron chi connectivity index (χ3n) is 2.01. The highest BCUT2D eigenvalue weighted by Crippen LogP contribution is 2.14. The lowest BCUT2D eigenvalue weighted by molar-refractivity contribution is -0.141. The molecule has 0 unspecified atom stereocenters. The standard InChI is InChI=1S/C10H20N2O3/c1-7(11)9(15)12(10(2,3)4)6-5-8(13)14/h7H,5-6,11H2,1-4H3,(H,13,14)/t7-/m1/s1. The van der Waals surface area contributed by atoms with Gasteiger partial charge in [-0.2, -0.15) is 0 Å². The van der Waals surface area contributed by atoms with Gasteiger partial charge in [-0.25, -0.2) is 0 Å². The Morgan fingerprint density at radius 3 is 2.13 bits per heavy atom. The summed E-state index contributed by atoms with van der Waals surface area (Å²) >= 11 is 0. The van der Waals surface area contributed by atoms with E-state index in [2.05, 4.69) is 0 Å². The Balaban J connectivity index is 4.60. The topological polar surface area (TPSA) is 83.6 Å². The Bertz CT molecular complexity index is 244. The molecule has 0 fully saturated rings. The number of carbonyl (C=O) groups excluding carboxylic acids is 1. The molecule has 3 N–H and O–H groups in total. The number of nitrogens with two attached hydrogens (primary N) is 1. The van der Waals surface area contributed by atoms with Crippen molar-refractivity contribution in [3.05, 3.63) is 0 Å². The fraction of sp³-hybridized carbons (Fsp3) is 0.800. The smallest absolute Gasteiger partial charge is 0.305 e. The second-order valence-electron chi connectivity index (χ2n) is 4.59. The molecule has 15 heavy (non-hydrogen) atoms. The number of carboxylic acid groups (broad SMARTS) is 1. The van der Waals surface area contributed by atoms with Gasteiger partial charge in [-0.1, -0.05) is 0 Å². The first-order valence-electron chi connectivity index (χ1n) is 4.95. The number of carbonyl (C=O) groups is 2. The average Bonchev–Trinajstić information content (AvgIpc) is 2.00. The van der Waals surface area contributed by atoms with Gasteiger partial charge in [0.1, 0.15) is 0 Å². The van der Waals surface area contributed by atoms with Crippen LogP contribution in [0, 0.1) is 0 Å². The third-order valence-corrected chi connectivity index (χ3v) is 2.01. The lowest BCUT2D eigenvalue weighted by Crippen LogP contribution is -2.52. The predicted molar refractivity (Wildman–Crippen MR) is 57.4 cm³/mol. The molecule has 0 rings (SSSR count). The number of nitrogens with zero attached hydrogens (tertiary/aromatic N) is 1. The lowest BCUT2D eigenvalue weighted by atomic mass is 10.0. The minimum absolute atomic E-state index is 0.0598. The minimum Gasteiger partial charge on any atom is -0.481 e. The monoisotopic (exact) mass is 216 g/mol. The zero-order valence-corrected chi connectivity index (χ0v) is 9.78. The van der Waals surface area contributed by atoms with Crippen LogP contribution >= 0.6 is 0 Å². The summed E-state index contributed by atoms with van der Waals surface area (Å²) in [5.74, 6) is -1.13. The van der Waals surface area contributed by atoms with Crippen LogP contribution in [-0.2, 0) is 9.59 Å². The highest BCUT2D eigenvalue weighted by atomic mass is 16.4. The molecule has 88 valence electrons. The van der Waals surface area contributed by atoms with Crippen molar-refractivity contribution in [2.45, 2.75) is 45.7 Å². The molecule has 0 aliphatic heterocycles. The van der Waals surface area contributed by atoms with Crippen molar-refractivity contribution in [1.29, 1.82) is 0 Å². The normalized spacial score (nSPS) is 13.4. The van der Waals surface area contributed by atoms with Crippen molar-refractivity contribution in [3.8, 4) is 0 Å². The SMILES string of the molecule is C[C@@H](N)C(=O)N(CCC(=O)O)C(C)(C)C. The quantitative estimate of drug-likeness (QED) is 0.714. The van der Waals surface area contributed by atoms with Crippen LogP contribution in [0.5, 0.6) is 0 Å². The van der Waals surface area contributed by atoms with E-state index in [1.165, 1.54) is 4.90 Å². The van der Waals surface area contributed by atoms with Crippen molar-refractivity contribution < 1.29 is 14.7 Å². The summed E-state index contributed by atoms with van der Waals surface area (Å²) in [6, 6.07) is -0.599.